The van der Waals surface area contributed by atoms with Crippen molar-refractivity contribution in [3.05, 3.63) is 64.8 Å². The van der Waals surface area contributed by atoms with E-state index in [0.717, 1.165) is 27.3 Å². The molecule has 9 heteroatoms. The lowest BCUT2D eigenvalue weighted by molar-refractivity contribution is -0.123. The van der Waals surface area contributed by atoms with Gasteiger partial charge in [-0.05, 0) is 55.1 Å². The number of hydrogen-bond donors (Lipinski definition) is 1. The average Bonchev–Trinajstić information content (AvgIpc) is 3.02. The number of rotatable bonds is 9. The molecule has 6 nitrogen and oxygen atoms in total. The van der Waals surface area contributed by atoms with Crippen molar-refractivity contribution < 1.29 is 23.5 Å². The predicted octanol–water partition coefficient (Wildman–Crippen LogP) is 4.17. The molecule has 1 N–H and O–H groups in total. The fraction of sp³-hybridized carbons (Fsp3) is 0.227. The van der Waals surface area contributed by atoms with E-state index in [-0.39, 0.29) is 35.2 Å². The first-order valence-corrected chi connectivity index (χ1v) is 11.4. The van der Waals surface area contributed by atoms with Crippen LogP contribution in [0.15, 0.2) is 58.3 Å². The van der Waals surface area contributed by atoms with E-state index in [1.807, 2.05) is 31.2 Å². The number of ether oxygens (including phenoxy) is 1. The molecule has 31 heavy (non-hydrogen) atoms. The van der Waals surface area contributed by atoms with E-state index >= 15 is 0 Å². The van der Waals surface area contributed by atoms with Crippen LogP contribution in [0.3, 0.4) is 0 Å². The Labute approximate surface area is 188 Å². The molecule has 3 rings (SSSR count). The Morgan fingerprint density at radius 3 is 2.65 bits per heavy atom. The number of hydrogen-bond acceptors (Lipinski definition) is 6. The molecule has 0 aliphatic carbocycles. The molecule has 2 aromatic rings. The first kappa shape index (κ1) is 22.9. The van der Waals surface area contributed by atoms with Gasteiger partial charge in [-0.15, -0.1) is 11.8 Å². The molecule has 3 amide bonds. The van der Waals surface area contributed by atoms with E-state index in [2.05, 4.69) is 5.32 Å². The van der Waals surface area contributed by atoms with Crippen LogP contribution in [0.2, 0.25) is 0 Å². The Morgan fingerprint density at radius 1 is 1.19 bits per heavy atom. The summed E-state index contributed by atoms with van der Waals surface area (Å²) in [6, 6.07) is 13.5. The standard InChI is InChI=1S/C22H21FN2O4S2/c1-2-29-16-7-9-17(10-8-16)30-14-20(26)24-11-12-25-21(27)19(31-22(25)28)13-15-5-3-4-6-18(15)23/h3-10,13H,2,11-12,14H2,1H3,(H,24,26)/b19-13-. The molecule has 0 radical (unpaired) electrons. The largest absolute Gasteiger partial charge is 0.494 e. The minimum Gasteiger partial charge on any atom is -0.494 e. The van der Waals surface area contributed by atoms with Gasteiger partial charge in [0, 0.05) is 23.5 Å². The Kier molecular flexibility index (Phi) is 8.13. The van der Waals surface area contributed by atoms with E-state index in [1.54, 1.807) is 12.1 Å². The number of thioether (sulfide) groups is 2. The van der Waals surface area contributed by atoms with Gasteiger partial charge in [-0.25, -0.2) is 4.39 Å². The number of benzene rings is 2. The van der Waals surface area contributed by atoms with Crippen LogP contribution in [0.25, 0.3) is 6.08 Å². The average molecular weight is 461 g/mol. The van der Waals surface area contributed by atoms with Crippen LogP contribution in [0, 0.1) is 5.82 Å². The van der Waals surface area contributed by atoms with Crippen molar-refractivity contribution in [3.8, 4) is 5.75 Å². The quantitative estimate of drug-likeness (QED) is 0.447. The molecule has 0 spiro atoms. The lowest BCUT2D eigenvalue weighted by Gasteiger charge is -2.13. The van der Waals surface area contributed by atoms with E-state index in [4.69, 9.17) is 4.74 Å². The molecule has 0 aromatic heterocycles. The van der Waals surface area contributed by atoms with Crippen molar-refractivity contribution in [1.82, 2.24) is 10.2 Å². The van der Waals surface area contributed by atoms with Gasteiger partial charge in [-0.3, -0.25) is 19.3 Å². The summed E-state index contributed by atoms with van der Waals surface area (Å²) in [6.45, 7) is 2.71. The molecule has 1 fully saturated rings. The Morgan fingerprint density at radius 2 is 1.94 bits per heavy atom. The number of imide groups is 1. The Bertz CT molecular complexity index is 995. The minimum atomic E-state index is -0.490. The molecular weight excluding hydrogens is 439 g/mol. The highest BCUT2D eigenvalue weighted by Crippen LogP contribution is 2.32. The van der Waals surface area contributed by atoms with Crippen LogP contribution < -0.4 is 10.1 Å². The molecule has 1 aliphatic rings. The fourth-order valence-corrected chi connectivity index (χ4v) is 4.32. The maximum atomic E-state index is 13.8. The van der Waals surface area contributed by atoms with Crippen molar-refractivity contribution in [2.75, 3.05) is 25.4 Å². The molecule has 2 aromatic carbocycles. The van der Waals surface area contributed by atoms with Gasteiger partial charge in [0.1, 0.15) is 11.6 Å². The van der Waals surface area contributed by atoms with Gasteiger partial charge in [0.05, 0.1) is 17.3 Å². The number of nitrogens with one attached hydrogen (secondary N) is 1. The topological polar surface area (TPSA) is 75.7 Å². The number of carbonyl (C=O) groups is 3. The summed E-state index contributed by atoms with van der Waals surface area (Å²) in [5, 5.41) is 2.27. The van der Waals surface area contributed by atoms with Gasteiger partial charge in [0.2, 0.25) is 5.91 Å². The summed E-state index contributed by atoms with van der Waals surface area (Å²) in [6.07, 6.45) is 1.37. The van der Waals surface area contributed by atoms with Crippen molar-refractivity contribution >= 4 is 46.7 Å². The zero-order chi connectivity index (χ0) is 22.2. The zero-order valence-corrected chi connectivity index (χ0v) is 18.4. The van der Waals surface area contributed by atoms with E-state index in [0.29, 0.717) is 6.61 Å². The third kappa shape index (κ3) is 6.35. The third-order valence-corrected chi connectivity index (χ3v) is 6.15. The highest BCUT2D eigenvalue weighted by molar-refractivity contribution is 8.18. The Hall–Kier alpha value is -2.78. The van der Waals surface area contributed by atoms with Gasteiger partial charge in [0.15, 0.2) is 0 Å². The van der Waals surface area contributed by atoms with Gasteiger partial charge >= 0.3 is 0 Å². The number of halogens is 1. The summed E-state index contributed by atoms with van der Waals surface area (Å²) in [4.78, 5) is 38.8. The van der Waals surface area contributed by atoms with Crippen LogP contribution in [0.4, 0.5) is 9.18 Å². The molecular formula is C22H21FN2O4S2. The summed E-state index contributed by atoms with van der Waals surface area (Å²) in [5.74, 6) is -0.170. The highest BCUT2D eigenvalue weighted by atomic mass is 32.2. The van der Waals surface area contributed by atoms with Crippen molar-refractivity contribution in [2.24, 2.45) is 0 Å². The third-order valence-electron chi connectivity index (χ3n) is 4.23. The van der Waals surface area contributed by atoms with E-state index in [9.17, 15) is 18.8 Å². The van der Waals surface area contributed by atoms with Crippen molar-refractivity contribution in [1.29, 1.82) is 0 Å². The van der Waals surface area contributed by atoms with Gasteiger partial charge in [-0.2, -0.15) is 0 Å². The zero-order valence-electron chi connectivity index (χ0n) is 16.8. The summed E-state index contributed by atoms with van der Waals surface area (Å²) in [5.41, 5.74) is 0.243. The van der Waals surface area contributed by atoms with E-state index < -0.39 is 17.0 Å². The minimum absolute atomic E-state index is 0.0543. The van der Waals surface area contributed by atoms with Crippen LogP contribution in [0.1, 0.15) is 12.5 Å². The molecule has 1 saturated heterocycles. The van der Waals surface area contributed by atoms with Gasteiger partial charge < -0.3 is 10.1 Å². The second kappa shape index (κ2) is 11.0. The van der Waals surface area contributed by atoms with E-state index in [1.165, 1.54) is 30.0 Å². The smallest absolute Gasteiger partial charge is 0.293 e. The van der Waals surface area contributed by atoms with Crippen LogP contribution in [-0.4, -0.2) is 47.4 Å². The van der Waals surface area contributed by atoms with Crippen LogP contribution >= 0.6 is 23.5 Å². The lowest BCUT2D eigenvalue weighted by atomic mass is 10.2. The molecule has 0 unspecified atom stereocenters. The monoisotopic (exact) mass is 460 g/mol. The molecule has 0 bridgehead atoms. The summed E-state index contributed by atoms with van der Waals surface area (Å²) < 4.78 is 19.2. The predicted molar refractivity (Wildman–Crippen MR) is 120 cm³/mol. The fourth-order valence-electron chi connectivity index (χ4n) is 2.73. The maximum absolute atomic E-state index is 13.8. The molecule has 1 heterocycles. The Balaban J connectivity index is 1.45. The van der Waals surface area contributed by atoms with Gasteiger partial charge in [-0.1, -0.05) is 18.2 Å². The second-order valence-electron chi connectivity index (χ2n) is 6.40. The van der Waals surface area contributed by atoms with Crippen LogP contribution in [-0.2, 0) is 9.59 Å². The van der Waals surface area contributed by atoms with Crippen molar-refractivity contribution in [2.45, 2.75) is 11.8 Å². The van der Waals surface area contributed by atoms with Crippen molar-refractivity contribution in [3.63, 3.8) is 0 Å². The molecule has 0 atom stereocenters. The van der Waals surface area contributed by atoms with Crippen LogP contribution in [0.5, 0.6) is 5.75 Å². The maximum Gasteiger partial charge on any atom is 0.293 e. The normalized spacial score (nSPS) is 14.9. The summed E-state index contributed by atoms with van der Waals surface area (Å²) >= 11 is 2.14. The number of amides is 3. The lowest BCUT2D eigenvalue weighted by Crippen LogP contribution is -2.37. The number of carbonyl (C=O) groups excluding carboxylic acids is 3. The highest BCUT2D eigenvalue weighted by Gasteiger charge is 2.34. The summed E-state index contributed by atoms with van der Waals surface area (Å²) in [7, 11) is 0. The molecule has 1 aliphatic heterocycles. The van der Waals surface area contributed by atoms with Gasteiger partial charge in [0.25, 0.3) is 11.1 Å². The molecule has 162 valence electrons. The first-order chi connectivity index (χ1) is 15.0. The first-order valence-electron chi connectivity index (χ1n) is 9.60. The SMILES string of the molecule is CCOc1ccc(SCC(=O)NCCN2C(=O)S/C(=C\c3ccccc3F)C2=O)cc1. The number of nitrogens with zero attached hydrogens (tertiary/aromatic N) is 1. The molecule has 0 saturated carbocycles. The second-order valence-corrected chi connectivity index (χ2v) is 8.44.